The molecule has 4 rings (SSSR count). The third-order valence-electron chi connectivity index (χ3n) is 4.06. The number of hydrogen-bond acceptors (Lipinski definition) is 6. The molecular formula is C19H16N4O3S. The zero-order valence-corrected chi connectivity index (χ0v) is 15.3. The molecule has 0 radical (unpaired) electrons. The number of ether oxygens (including phenoxy) is 1. The topological polar surface area (TPSA) is 84.4 Å². The number of hydrogen-bond donors (Lipinski definition) is 1. The minimum absolute atomic E-state index is 0.242. The first-order chi connectivity index (χ1) is 13.1. The smallest absolute Gasteiger partial charge is 0.414 e. The lowest BCUT2D eigenvalue weighted by Gasteiger charge is -2.14. The van der Waals surface area contributed by atoms with Gasteiger partial charge in [-0.15, -0.1) is 11.3 Å². The molecule has 1 saturated heterocycles. The standard InChI is InChI=1S/C19H16N4O3S/c1-12-16(27-18(21-12)15-7-2-3-8-20-15)17(24)22-13-5-4-6-14(11-13)23-9-10-26-19(23)25/h2-8,11H,9-10H2,1H3,(H,22,24). The van der Waals surface area contributed by atoms with Crippen molar-refractivity contribution < 1.29 is 14.3 Å². The van der Waals surface area contributed by atoms with E-state index in [0.29, 0.717) is 40.1 Å². The molecule has 3 aromatic rings. The van der Waals surface area contributed by atoms with Gasteiger partial charge in [0.1, 0.15) is 16.5 Å². The first-order valence-corrected chi connectivity index (χ1v) is 9.18. The summed E-state index contributed by atoms with van der Waals surface area (Å²) in [5.41, 5.74) is 2.67. The van der Waals surface area contributed by atoms with Crippen LogP contribution < -0.4 is 10.2 Å². The van der Waals surface area contributed by atoms with Gasteiger partial charge in [-0.25, -0.2) is 9.78 Å². The zero-order valence-electron chi connectivity index (χ0n) is 14.5. The molecule has 0 spiro atoms. The van der Waals surface area contributed by atoms with Crippen LogP contribution in [0, 0.1) is 6.92 Å². The van der Waals surface area contributed by atoms with Crippen LogP contribution in [0.3, 0.4) is 0 Å². The van der Waals surface area contributed by atoms with Gasteiger partial charge in [0, 0.05) is 17.6 Å². The van der Waals surface area contributed by atoms with Crippen LogP contribution >= 0.6 is 11.3 Å². The van der Waals surface area contributed by atoms with E-state index in [0.717, 1.165) is 5.69 Å². The number of thiazole rings is 1. The molecule has 0 aliphatic carbocycles. The number of amides is 2. The first kappa shape index (κ1) is 17.2. The highest BCUT2D eigenvalue weighted by molar-refractivity contribution is 7.17. The number of aromatic nitrogens is 2. The van der Waals surface area contributed by atoms with Crippen LogP contribution in [0.25, 0.3) is 10.7 Å². The molecule has 2 amide bonds. The summed E-state index contributed by atoms with van der Waals surface area (Å²) in [6.07, 6.45) is 1.32. The number of cyclic esters (lactones) is 1. The zero-order chi connectivity index (χ0) is 18.8. The van der Waals surface area contributed by atoms with Gasteiger partial charge in [-0.1, -0.05) is 12.1 Å². The highest BCUT2D eigenvalue weighted by atomic mass is 32.1. The first-order valence-electron chi connectivity index (χ1n) is 8.36. The largest absolute Gasteiger partial charge is 0.447 e. The second-order valence-electron chi connectivity index (χ2n) is 5.92. The molecule has 0 saturated carbocycles. The van der Waals surface area contributed by atoms with E-state index in [4.69, 9.17) is 4.74 Å². The molecule has 2 aromatic heterocycles. The van der Waals surface area contributed by atoms with Gasteiger partial charge in [0.25, 0.3) is 5.91 Å². The van der Waals surface area contributed by atoms with Crippen LogP contribution in [0.15, 0.2) is 48.7 Å². The van der Waals surface area contributed by atoms with Crippen molar-refractivity contribution in [3.05, 3.63) is 59.2 Å². The Balaban J connectivity index is 1.55. The number of pyridine rings is 1. The molecule has 1 N–H and O–H groups in total. The van der Waals surface area contributed by atoms with Crippen molar-refractivity contribution in [2.45, 2.75) is 6.92 Å². The Morgan fingerprint density at radius 1 is 1.26 bits per heavy atom. The predicted octanol–water partition coefficient (Wildman–Crippen LogP) is 3.72. The maximum Gasteiger partial charge on any atom is 0.414 e. The number of benzene rings is 1. The number of anilines is 2. The van der Waals surface area contributed by atoms with Gasteiger partial charge in [-0.05, 0) is 37.3 Å². The van der Waals surface area contributed by atoms with Crippen LogP contribution in [0.5, 0.6) is 0 Å². The maximum absolute atomic E-state index is 12.7. The van der Waals surface area contributed by atoms with Crippen LogP contribution in [0.1, 0.15) is 15.4 Å². The highest BCUT2D eigenvalue weighted by Crippen LogP contribution is 2.28. The summed E-state index contributed by atoms with van der Waals surface area (Å²) in [7, 11) is 0. The van der Waals surface area contributed by atoms with Crippen LogP contribution in [0.2, 0.25) is 0 Å². The third-order valence-corrected chi connectivity index (χ3v) is 5.24. The molecular weight excluding hydrogens is 364 g/mol. The van der Waals surface area contributed by atoms with E-state index >= 15 is 0 Å². The van der Waals surface area contributed by atoms with Gasteiger partial charge < -0.3 is 10.1 Å². The van der Waals surface area contributed by atoms with Crippen molar-refractivity contribution in [2.24, 2.45) is 0 Å². The lowest BCUT2D eigenvalue weighted by molar-refractivity contribution is 0.102. The average molecular weight is 380 g/mol. The number of aryl methyl sites for hydroxylation is 1. The Labute approximate surface area is 159 Å². The summed E-state index contributed by atoms with van der Waals surface area (Å²) in [6, 6.07) is 12.7. The molecule has 27 heavy (non-hydrogen) atoms. The van der Waals surface area contributed by atoms with Gasteiger partial charge in [0.2, 0.25) is 0 Å². The Bertz CT molecular complexity index is 1000. The minimum Gasteiger partial charge on any atom is -0.447 e. The predicted molar refractivity (Wildman–Crippen MR) is 103 cm³/mol. The normalized spacial score (nSPS) is 13.5. The third kappa shape index (κ3) is 3.52. The van der Waals surface area contributed by atoms with Gasteiger partial charge >= 0.3 is 6.09 Å². The lowest BCUT2D eigenvalue weighted by atomic mass is 10.2. The van der Waals surface area contributed by atoms with E-state index in [2.05, 4.69) is 15.3 Å². The van der Waals surface area contributed by atoms with Crippen molar-refractivity contribution in [2.75, 3.05) is 23.4 Å². The molecule has 0 unspecified atom stereocenters. The maximum atomic E-state index is 12.7. The Kier molecular flexibility index (Phi) is 4.55. The number of rotatable bonds is 4. The van der Waals surface area contributed by atoms with Crippen molar-refractivity contribution in [1.29, 1.82) is 0 Å². The summed E-state index contributed by atoms with van der Waals surface area (Å²) >= 11 is 1.30. The van der Waals surface area contributed by atoms with Gasteiger partial charge in [0.15, 0.2) is 0 Å². The summed E-state index contributed by atoms with van der Waals surface area (Å²) in [5, 5.41) is 3.58. The number of carbonyl (C=O) groups excluding carboxylic acids is 2. The van der Waals surface area contributed by atoms with E-state index in [1.54, 1.807) is 37.4 Å². The Morgan fingerprint density at radius 2 is 2.15 bits per heavy atom. The van der Waals surface area contributed by atoms with Gasteiger partial charge in [0.05, 0.1) is 17.9 Å². The van der Waals surface area contributed by atoms with Crippen molar-refractivity contribution in [3.63, 3.8) is 0 Å². The summed E-state index contributed by atoms with van der Waals surface area (Å²) in [5.74, 6) is -0.242. The molecule has 1 aromatic carbocycles. The van der Waals surface area contributed by atoms with E-state index in [9.17, 15) is 9.59 Å². The molecule has 3 heterocycles. The van der Waals surface area contributed by atoms with E-state index < -0.39 is 0 Å². The lowest BCUT2D eigenvalue weighted by Crippen LogP contribution is -2.23. The highest BCUT2D eigenvalue weighted by Gasteiger charge is 2.24. The fourth-order valence-corrected chi connectivity index (χ4v) is 3.71. The van der Waals surface area contributed by atoms with Gasteiger partial charge in [-0.2, -0.15) is 0 Å². The fourth-order valence-electron chi connectivity index (χ4n) is 2.77. The minimum atomic E-state index is -0.378. The van der Waals surface area contributed by atoms with E-state index in [-0.39, 0.29) is 12.0 Å². The van der Waals surface area contributed by atoms with E-state index in [1.165, 1.54) is 16.2 Å². The molecule has 0 bridgehead atoms. The molecule has 1 fully saturated rings. The van der Waals surface area contributed by atoms with Crippen LogP contribution in [-0.2, 0) is 4.74 Å². The SMILES string of the molecule is Cc1nc(-c2ccccn2)sc1C(=O)Nc1cccc(N2CCOC2=O)c1. The molecule has 1 aliphatic rings. The van der Waals surface area contributed by atoms with Crippen molar-refractivity contribution in [3.8, 4) is 10.7 Å². The summed E-state index contributed by atoms with van der Waals surface area (Å²) in [6.45, 7) is 2.66. The molecule has 0 atom stereocenters. The number of nitrogens with zero attached hydrogens (tertiary/aromatic N) is 3. The van der Waals surface area contributed by atoms with Gasteiger partial charge in [-0.3, -0.25) is 14.7 Å². The second kappa shape index (κ2) is 7.16. The molecule has 8 heteroatoms. The molecule has 1 aliphatic heterocycles. The molecule has 136 valence electrons. The van der Waals surface area contributed by atoms with Crippen molar-refractivity contribution in [1.82, 2.24) is 9.97 Å². The second-order valence-corrected chi connectivity index (χ2v) is 6.92. The number of carbonyl (C=O) groups is 2. The fraction of sp³-hybridized carbons (Fsp3) is 0.158. The summed E-state index contributed by atoms with van der Waals surface area (Å²) < 4.78 is 4.96. The quantitative estimate of drug-likeness (QED) is 0.746. The van der Waals surface area contributed by atoms with Crippen LogP contribution in [-0.4, -0.2) is 35.1 Å². The Hall–Kier alpha value is -3.26. The van der Waals surface area contributed by atoms with E-state index in [1.807, 2.05) is 18.2 Å². The average Bonchev–Trinajstić information content (AvgIpc) is 3.28. The van der Waals surface area contributed by atoms with Crippen LogP contribution in [0.4, 0.5) is 16.2 Å². The van der Waals surface area contributed by atoms with Crippen molar-refractivity contribution >= 4 is 34.7 Å². The monoisotopic (exact) mass is 380 g/mol. The Morgan fingerprint density at radius 3 is 2.89 bits per heavy atom. The molecule has 7 nitrogen and oxygen atoms in total. The summed E-state index contributed by atoms with van der Waals surface area (Å²) in [4.78, 5) is 35.2. The number of nitrogens with one attached hydrogen (secondary N) is 1.